The molecule has 2 heterocycles. The predicted octanol–water partition coefficient (Wildman–Crippen LogP) is 6.35. The van der Waals surface area contributed by atoms with Gasteiger partial charge >= 0.3 is 5.97 Å². The summed E-state index contributed by atoms with van der Waals surface area (Å²) in [6, 6.07) is 24.6. The number of benzene rings is 2. The molecule has 0 atom stereocenters. The number of aliphatic carboxylic acids is 1. The van der Waals surface area contributed by atoms with Gasteiger partial charge in [0.1, 0.15) is 17.3 Å². The van der Waals surface area contributed by atoms with E-state index >= 15 is 0 Å². The van der Waals surface area contributed by atoms with E-state index in [2.05, 4.69) is 15.3 Å². The number of ether oxygens (including phenoxy) is 1. The van der Waals surface area contributed by atoms with E-state index in [0.717, 1.165) is 22.6 Å². The van der Waals surface area contributed by atoms with Gasteiger partial charge < -0.3 is 15.2 Å². The average Bonchev–Trinajstić information content (AvgIpc) is 2.81. The van der Waals surface area contributed by atoms with Gasteiger partial charge in [0, 0.05) is 29.2 Å². The van der Waals surface area contributed by atoms with Gasteiger partial charge in [-0.3, -0.25) is 4.79 Å². The van der Waals surface area contributed by atoms with Crippen molar-refractivity contribution in [1.82, 2.24) is 9.97 Å². The normalized spacial score (nSPS) is 11.1. The summed E-state index contributed by atoms with van der Waals surface area (Å²) in [7, 11) is 0. The lowest BCUT2D eigenvalue weighted by Crippen LogP contribution is -2.28. The number of anilines is 2. The van der Waals surface area contributed by atoms with E-state index in [1.165, 1.54) is 0 Å². The monoisotopic (exact) mass is 439 g/mol. The van der Waals surface area contributed by atoms with E-state index < -0.39 is 11.4 Å². The van der Waals surface area contributed by atoms with Crippen molar-refractivity contribution in [3.8, 4) is 22.8 Å². The molecule has 0 saturated heterocycles. The minimum absolute atomic E-state index is 0.583. The molecule has 0 fully saturated rings. The van der Waals surface area contributed by atoms with Crippen LogP contribution in [0, 0.1) is 6.92 Å². The van der Waals surface area contributed by atoms with Crippen LogP contribution in [0.15, 0.2) is 85.1 Å². The van der Waals surface area contributed by atoms with Crippen molar-refractivity contribution in [3.05, 3.63) is 96.3 Å². The smallest absolute Gasteiger partial charge is 0.313 e. The molecule has 33 heavy (non-hydrogen) atoms. The third kappa shape index (κ3) is 5.01. The van der Waals surface area contributed by atoms with Gasteiger partial charge in [-0.15, -0.1) is 0 Å². The van der Waals surface area contributed by atoms with Crippen molar-refractivity contribution < 1.29 is 14.6 Å². The molecule has 0 amide bonds. The number of carboxylic acid groups (broad SMARTS) is 1. The molecular formula is C27H25N3O3. The molecule has 0 unspecified atom stereocenters. The molecule has 0 saturated carbocycles. The van der Waals surface area contributed by atoms with Crippen LogP contribution in [-0.4, -0.2) is 21.0 Å². The molecule has 0 aliphatic carbocycles. The average molecular weight is 440 g/mol. The van der Waals surface area contributed by atoms with Gasteiger partial charge in [-0.05, 0) is 56.7 Å². The van der Waals surface area contributed by atoms with Gasteiger partial charge in [0.05, 0.1) is 5.41 Å². The van der Waals surface area contributed by atoms with Crippen LogP contribution in [0.1, 0.15) is 25.1 Å². The molecule has 0 bridgehead atoms. The molecule has 0 radical (unpaired) electrons. The highest BCUT2D eigenvalue weighted by atomic mass is 16.5. The van der Waals surface area contributed by atoms with E-state index in [9.17, 15) is 9.90 Å². The van der Waals surface area contributed by atoms with Gasteiger partial charge in [0.15, 0.2) is 5.75 Å². The zero-order valence-electron chi connectivity index (χ0n) is 18.7. The van der Waals surface area contributed by atoms with Gasteiger partial charge in [-0.25, -0.2) is 9.97 Å². The summed E-state index contributed by atoms with van der Waals surface area (Å²) in [6.45, 7) is 5.31. The SMILES string of the molecule is Cc1ccc(Oc2ccnc(Nc3cccc(C(C)(C)C(=O)O)c3)c2)c(-c2ccccc2)n1. The molecule has 0 spiro atoms. The second kappa shape index (κ2) is 9.12. The Morgan fingerprint density at radius 3 is 2.52 bits per heavy atom. The highest BCUT2D eigenvalue weighted by molar-refractivity contribution is 5.81. The molecule has 6 heteroatoms. The highest BCUT2D eigenvalue weighted by Crippen LogP contribution is 2.33. The van der Waals surface area contributed by atoms with Crippen LogP contribution in [-0.2, 0) is 10.2 Å². The fraction of sp³-hybridized carbons (Fsp3) is 0.148. The molecule has 166 valence electrons. The van der Waals surface area contributed by atoms with Crippen LogP contribution < -0.4 is 10.1 Å². The molecule has 4 aromatic rings. The predicted molar refractivity (Wildman–Crippen MR) is 129 cm³/mol. The Kier molecular flexibility index (Phi) is 6.09. The lowest BCUT2D eigenvalue weighted by molar-refractivity contribution is -0.142. The summed E-state index contributed by atoms with van der Waals surface area (Å²) < 4.78 is 6.19. The first-order valence-electron chi connectivity index (χ1n) is 10.6. The number of hydrogen-bond donors (Lipinski definition) is 2. The summed E-state index contributed by atoms with van der Waals surface area (Å²) in [6.07, 6.45) is 1.66. The Hall–Kier alpha value is -4.19. The number of nitrogens with zero attached hydrogens (tertiary/aromatic N) is 2. The summed E-state index contributed by atoms with van der Waals surface area (Å²) in [5, 5.41) is 12.8. The maximum absolute atomic E-state index is 11.6. The Balaban J connectivity index is 1.59. The number of rotatable bonds is 7. The molecule has 0 aliphatic heterocycles. The number of pyridine rings is 2. The molecule has 6 nitrogen and oxygen atoms in total. The largest absolute Gasteiger partial charge is 0.481 e. The second-order valence-corrected chi connectivity index (χ2v) is 8.28. The van der Waals surface area contributed by atoms with Crippen LogP contribution in [0.5, 0.6) is 11.5 Å². The number of hydrogen-bond acceptors (Lipinski definition) is 5. The first kappa shape index (κ1) is 22.0. The van der Waals surface area contributed by atoms with E-state index in [0.29, 0.717) is 22.9 Å². The maximum atomic E-state index is 11.6. The minimum atomic E-state index is -0.998. The lowest BCUT2D eigenvalue weighted by atomic mass is 9.84. The second-order valence-electron chi connectivity index (χ2n) is 8.28. The summed E-state index contributed by atoms with van der Waals surface area (Å²) in [4.78, 5) is 20.7. The van der Waals surface area contributed by atoms with Crippen molar-refractivity contribution in [2.75, 3.05) is 5.32 Å². The maximum Gasteiger partial charge on any atom is 0.313 e. The van der Waals surface area contributed by atoms with E-state index in [-0.39, 0.29) is 0 Å². The molecule has 0 aliphatic rings. The van der Waals surface area contributed by atoms with Crippen molar-refractivity contribution >= 4 is 17.5 Å². The lowest BCUT2D eigenvalue weighted by Gasteiger charge is -2.20. The summed E-state index contributed by atoms with van der Waals surface area (Å²) >= 11 is 0. The van der Waals surface area contributed by atoms with Gasteiger partial charge in [-0.1, -0.05) is 42.5 Å². The van der Waals surface area contributed by atoms with E-state index in [4.69, 9.17) is 4.74 Å². The fourth-order valence-corrected chi connectivity index (χ4v) is 3.36. The van der Waals surface area contributed by atoms with E-state index in [1.807, 2.05) is 73.7 Å². The van der Waals surface area contributed by atoms with Crippen LogP contribution in [0.4, 0.5) is 11.5 Å². The highest BCUT2D eigenvalue weighted by Gasteiger charge is 2.29. The molecular weight excluding hydrogens is 414 g/mol. The number of aromatic nitrogens is 2. The third-order valence-corrected chi connectivity index (χ3v) is 5.40. The first-order valence-corrected chi connectivity index (χ1v) is 10.6. The van der Waals surface area contributed by atoms with Gasteiger partial charge in [0.25, 0.3) is 0 Å². The number of carbonyl (C=O) groups is 1. The third-order valence-electron chi connectivity index (χ3n) is 5.40. The van der Waals surface area contributed by atoms with Gasteiger partial charge in [0.2, 0.25) is 0 Å². The standard InChI is InChI=1S/C27H25N3O3/c1-18-12-13-23(25(29-18)19-8-5-4-6-9-19)33-22-14-15-28-24(17-22)30-21-11-7-10-20(16-21)27(2,3)26(31)32/h4-17H,1-3H3,(H,28,30)(H,31,32). The quantitative estimate of drug-likeness (QED) is 0.349. The van der Waals surface area contributed by atoms with E-state index in [1.54, 1.807) is 32.2 Å². The topological polar surface area (TPSA) is 84.3 Å². The first-order chi connectivity index (χ1) is 15.8. The Morgan fingerprint density at radius 1 is 0.970 bits per heavy atom. The molecule has 2 N–H and O–H groups in total. The molecule has 2 aromatic carbocycles. The molecule has 2 aromatic heterocycles. The molecule has 4 rings (SSSR count). The fourth-order valence-electron chi connectivity index (χ4n) is 3.36. The van der Waals surface area contributed by atoms with Crippen LogP contribution >= 0.6 is 0 Å². The van der Waals surface area contributed by atoms with Crippen molar-refractivity contribution in [1.29, 1.82) is 0 Å². The Bertz CT molecular complexity index is 1290. The Labute approximate surface area is 192 Å². The zero-order valence-corrected chi connectivity index (χ0v) is 18.7. The van der Waals surface area contributed by atoms with Crippen molar-refractivity contribution in [2.45, 2.75) is 26.2 Å². The van der Waals surface area contributed by atoms with Crippen LogP contribution in [0.3, 0.4) is 0 Å². The zero-order chi connectivity index (χ0) is 23.4. The van der Waals surface area contributed by atoms with Crippen LogP contribution in [0.2, 0.25) is 0 Å². The number of carboxylic acids is 1. The van der Waals surface area contributed by atoms with Crippen LogP contribution in [0.25, 0.3) is 11.3 Å². The van der Waals surface area contributed by atoms with Crippen molar-refractivity contribution in [2.24, 2.45) is 0 Å². The number of nitrogens with one attached hydrogen (secondary N) is 1. The summed E-state index contributed by atoms with van der Waals surface area (Å²) in [5.41, 5.74) is 3.09. The number of aryl methyl sites for hydroxylation is 1. The summed E-state index contributed by atoms with van der Waals surface area (Å²) in [5.74, 6) is 0.958. The minimum Gasteiger partial charge on any atom is -0.481 e. The van der Waals surface area contributed by atoms with Gasteiger partial charge in [-0.2, -0.15) is 0 Å². The Morgan fingerprint density at radius 2 is 1.76 bits per heavy atom. The van der Waals surface area contributed by atoms with Crippen molar-refractivity contribution in [3.63, 3.8) is 0 Å².